The van der Waals surface area contributed by atoms with Crippen molar-refractivity contribution < 1.29 is 9.53 Å². The van der Waals surface area contributed by atoms with Gasteiger partial charge < -0.3 is 9.64 Å². The third-order valence-corrected chi connectivity index (χ3v) is 2.99. The Morgan fingerprint density at radius 2 is 1.69 bits per heavy atom. The lowest BCUT2D eigenvalue weighted by Gasteiger charge is -2.31. The van der Waals surface area contributed by atoms with Crippen LogP contribution < -0.4 is 0 Å². The van der Waals surface area contributed by atoms with Gasteiger partial charge in [0.25, 0.3) is 0 Å². The maximum absolute atomic E-state index is 11.6. The highest BCUT2D eigenvalue weighted by Gasteiger charge is 2.25. The Morgan fingerprint density at radius 1 is 1.25 bits per heavy atom. The van der Waals surface area contributed by atoms with Crippen molar-refractivity contribution in [2.75, 3.05) is 13.1 Å². The first-order chi connectivity index (χ1) is 7.38. The monoisotopic (exact) mass is 293 g/mol. The first-order valence-corrected chi connectivity index (χ1v) is 6.92. The molecule has 0 N–H and O–H groups in total. The van der Waals surface area contributed by atoms with Gasteiger partial charge in [0, 0.05) is 17.9 Å². The van der Waals surface area contributed by atoms with Gasteiger partial charge in [0.05, 0.1) is 0 Å². The number of hydrogen-bond donors (Lipinski definition) is 0. The Labute approximate surface area is 108 Å². The first-order valence-electron chi connectivity index (χ1n) is 6.00. The van der Waals surface area contributed by atoms with Gasteiger partial charge >= 0.3 is 6.09 Å². The second-order valence-corrected chi connectivity index (χ2v) is 5.94. The summed E-state index contributed by atoms with van der Waals surface area (Å²) in [6.07, 6.45) is 1.84. The van der Waals surface area contributed by atoms with Crippen LogP contribution in [-0.4, -0.2) is 34.5 Å². The van der Waals surface area contributed by atoms with Gasteiger partial charge in [-0.2, -0.15) is 0 Å². The van der Waals surface area contributed by atoms with Gasteiger partial charge in [-0.05, 0) is 33.6 Å². The summed E-state index contributed by atoms with van der Waals surface area (Å²) in [5.74, 6) is 0. The molecule has 1 fully saturated rings. The normalized spacial score (nSPS) is 17.5. The van der Waals surface area contributed by atoms with E-state index >= 15 is 0 Å². The topological polar surface area (TPSA) is 29.5 Å². The van der Waals surface area contributed by atoms with Crippen LogP contribution in [0.15, 0.2) is 0 Å². The third kappa shape index (κ3) is 6.36. The van der Waals surface area contributed by atoms with Crippen LogP contribution in [0, 0.1) is 0 Å². The van der Waals surface area contributed by atoms with Crippen molar-refractivity contribution in [1.29, 1.82) is 0 Å². The predicted molar refractivity (Wildman–Crippen MR) is 71.1 cm³/mol. The minimum Gasteiger partial charge on any atom is -0.444 e. The van der Waals surface area contributed by atoms with Gasteiger partial charge in [-0.1, -0.05) is 29.8 Å². The molecule has 0 saturated carbocycles. The second kappa shape index (κ2) is 7.15. The molecule has 0 aliphatic carbocycles. The highest BCUT2D eigenvalue weighted by Crippen LogP contribution is 2.19. The van der Waals surface area contributed by atoms with Crippen LogP contribution in [0.25, 0.3) is 0 Å². The van der Waals surface area contributed by atoms with Crippen LogP contribution in [0.3, 0.4) is 0 Å². The van der Waals surface area contributed by atoms with Crippen LogP contribution in [-0.2, 0) is 4.74 Å². The van der Waals surface area contributed by atoms with Crippen LogP contribution in [0.4, 0.5) is 4.79 Å². The fourth-order valence-corrected chi connectivity index (χ4v) is 1.77. The maximum atomic E-state index is 11.6. The van der Waals surface area contributed by atoms with Gasteiger partial charge in [0.2, 0.25) is 0 Å². The molecule has 1 amide bonds. The van der Waals surface area contributed by atoms with E-state index < -0.39 is 0 Å². The molecule has 0 bridgehead atoms. The first kappa shape index (κ1) is 15.8. The van der Waals surface area contributed by atoms with Gasteiger partial charge in [-0.15, -0.1) is 0 Å². The number of ether oxygens (including phenoxy) is 1. The molecule has 0 atom stereocenters. The lowest BCUT2D eigenvalue weighted by Crippen LogP contribution is -2.41. The van der Waals surface area contributed by atoms with E-state index in [2.05, 4.69) is 15.9 Å². The molecule has 4 heteroatoms. The Morgan fingerprint density at radius 3 is 2.06 bits per heavy atom. The molecule has 0 radical (unpaired) electrons. The third-order valence-electron chi connectivity index (χ3n) is 2.08. The fourth-order valence-electron chi connectivity index (χ4n) is 1.36. The van der Waals surface area contributed by atoms with Crippen LogP contribution in [0.1, 0.15) is 47.5 Å². The number of likely N-dealkylation sites (tertiary alicyclic amines) is 1. The van der Waals surface area contributed by atoms with E-state index in [0.717, 1.165) is 25.9 Å². The molecule has 16 heavy (non-hydrogen) atoms. The number of piperidine rings is 1. The SMILES string of the molecule is CC.CC(C)(C)OC(=O)N1CCC(Br)CC1. The van der Waals surface area contributed by atoms with Crippen molar-refractivity contribution in [3.8, 4) is 0 Å². The summed E-state index contributed by atoms with van der Waals surface area (Å²) in [6, 6.07) is 0. The molecule has 1 aliphatic rings. The number of hydrogen-bond acceptors (Lipinski definition) is 2. The molecule has 0 unspecified atom stereocenters. The smallest absolute Gasteiger partial charge is 0.410 e. The Bertz CT molecular complexity index is 206. The molecule has 96 valence electrons. The average Bonchev–Trinajstić information content (AvgIpc) is 2.19. The summed E-state index contributed by atoms with van der Waals surface area (Å²) in [5.41, 5.74) is -0.387. The summed E-state index contributed by atoms with van der Waals surface area (Å²) >= 11 is 3.55. The zero-order chi connectivity index (χ0) is 12.8. The summed E-state index contributed by atoms with van der Waals surface area (Å²) < 4.78 is 5.28. The minimum absolute atomic E-state index is 0.183. The van der Waals surface area contributed by atoms with E-state index in [4.69, 9.17) is 4.74 Å². The van der Waals surface area contributed by atoms with E-state index in [1.54, 1.807) is 4.90 Å². The largest absolute Gasteiger partial charge is 0.444 e. The van der Waals surface area contributed by atoms with Crippen LogP contribution >= 0.6 is 15.9 Å². The Hall–Kier alpha value is -0.250. The van der Waals surface area contributed by atoms with Crippen molar-refractivity contribution in [1.82, 2.24) is 4.90 Å². The van der Waals surface area contributed by atoms with Gasteiger partial charge in [-0.3, -0.25) is 0 Å². The van der Waals surface area contributed by atoms with Crippen molar-refractivity contribution in [3.05, 3.63) is 0 Å². The van der Waals surface area contributed by atoms with Crippen molar-refractivity contribution >= 4 is 22.0 Å². The fraction of sp³-hybridized carbons (Fsp3) is 0.917. The van der Waals surface area contributed by atoms with Gasteiger partial charge in [0.1, 0.15) is 5.60 Å². The molecule has 1 rings (SSSR count). The number of carbonyl (C=O) groups is 1. The number of alkyl halides is 1. The molecule has 0 aromatic heterocycles. The van der Waals surface area contributed by atoms with Crippen LogP contribution in [0.2, 0.25) is 0 Å². The van der Waals surface area contributed by atoms with Gasteiger partial charge in [-0.25, -0.2) is 4.79 Å². The van der Waals surface area contributed by atoms with E-state index in [1.165, 1.54) is 0 Å². The molecule has 0 aromatic rings. The minimum atomic E-state index is -0.387. The van der Waals surface area contributed by atoms with E-state index in [9.17, 15) is 4.79 Å². The molecule has 0 aromatic carbocycles. The standard InChI is InChI=1S/C10H18BrNO2.C2H6/c1-10(2,3)14-9(13)12-6-4-8(11)5-7-12;1-2/h8H,4-7H2,1-3H3;1-2H3. The Kier molecular flexibility index (Phi) is 7.04. The van der Waals surface area contributed by atoms with Crippen LogP contribution in [0.5, 0.6) is 0 Å². The number of nitrogens with zero attached hydrogens (tertiary/aromatic N) is 1. The van der Waals surface area contributed by atoms with Crippen molar-refractivity contribution in [2.45, 2.75) is 57.9 Å². The molecule has 3 nitrogen and oxygen atoms in total. The quantitative estimate of drug-likeness (QED) is 0.636. The van der Waals surface area contributed by atoms with E-state index in [0.29, 0.717) is 4.83 Å². The summed E-state index contributed by atoms with van der Waals surface area (Å²) in [6.45, 7) is 11.3. The van der Waals surface area contributed by atoms with Crippen molar-refractivity contribution in [3.63, 3.8) is 0 Å². The van der Waals surface area contributed by atoms with Gasteiger partial charge in [0.15, 0.2) is 0 Å². The van der Waals surface area contributed by atoms with E-state index in [-0.39, 0.29) is 11.7 Å². The number of rotatable bonds is 0. The molecular formula is C12H24BrNO2. The van der Waals surface area contributed by atoms with Crippen molar-refractivity contribution in [2.24, 2.45) is 0 Å². The molecular weight excluding hydrogens is 270 g/mol. The summed E-state index contributed by atoms with van der Waals surface area (Å²) in [4.78, 5) is 13.9. The highest BCUT2D eigenvalue weighted by atomic mass is 79.9. The molecule has 0 spiro atoms. The number of amides is 1. The highest BCUT2D eigenvalue weighted by molar-refractivity contribution is 9.09. The second-order valence-electron chi connectivity index (χ2n) is 4.64. The lowest BCUT2D eigenvalue weighted by molar-refractivity contribution is 0.0220. The zero-order valence-electron chi connectivity index (χ0n) is 11.0. The lowest BCUT2D eigenvalue weighted by atomic mass is 10.1. The predicted octanol–water partition coefficient (Wildman–Crippen LogP) is 3.81. The summed E-state index contributed by atoms with van der Waals surface area (Å²) in [7, 11) is 0. The maximum Gasteiger partial charge on any atom is 0.410 e. The summed E-state index contributed by atoms with van der Waals surface area (Å²) in [5, 5.41) is 0. The number of halogens is 1. The number of carbonyl (C=O) groups excluding carboxylic acids is 1. The average molecular weight is 294 g/mol. The Balaban J connectivity index is 0.00000106. The molecule has 1 saturated heterocycles. The van der Waals surface area contributed by atoms with E-state index in [1.807, 2.05) is 34.6 Å². The molecule has 1 heterocycles. The molecule has 1 aliphatic heterocycles. The zero-order valence-corrected chi connectivity index (χ0v) is 12.6.